The van der Waals surface area contributed by atoms with Crippen molar-refractivity contribution in [1.29, 1.82) is 0 Å². The van der Waals surface area contributed by atoms with Crippen molar-refractivity contribution < 1.29 is 4.74 Å². The van der Waals surface area contributed by atoms with Crippen LogP contribution < -0.4 is 15.4 Å². The molecule has 0 bridgehead atoms. The van der Waals surface area contributed by atoms with Gasteiger partial charge in [0.25, 0.3) is 0 Å². The molecule has 0 unspecified atom stereocenters. The van der Waals surface area contributed by atoms with Crippen LogP contribution in [-0.4, -0.2) is 26.7 Å². The summed E-state index contributed by atoms with van der Waals surface area (Å²) in [5.41, 5.74) is 1.30. The van der Waals surface area contributed by atoms with E-state index in [0.717, 1.165) is 25.4 Å². The number of nitrogens with one attached hydrogen (secondary N) is 2. The first kappa shape index (κ1) is 10.5. The third kappa shape index (κ3) is 2.70. The molecule has 1 aromatic rings. The molecule has 0 saturated carbocycles. The standard InChI is InChI=1S/C12H18N2O/c1-15-11-5-2-4-10(8-11)12-9-13-6-3-7-14-12/h2,4-5,8,12-14H,3,6-7,9H2,1H3/t12-/m0/s1. The van der Waals surface area contributed by atoms with Crippen LogP contribution in [0.15, 0.2) is 24.3 Å². The predicted molar refractivity (Wildman–Crippen MR) is 61.2 cm³/mol. The number of rotatable bonds is 2. The van der Waals surface area contributed by atoms with Crippen molar-refractivity contribution in [1.82, 2.24) is 10.6 Å². The summed E-state index contributed by atoms with van der Waals surface area (Å²) in [5.74, 6) is 0.929. The van der Waals surface area contributed by atoms with Gasteiger partial charge in [-0.1, -0.05) is 12.1 Å². The van der Waals surface area contributed by atoms with Crippen LogP contribution in [0.5, 0.6) is 5.75 Å². The van der Waals surface area contributed by atoms with Crippen molar-refractivity contribution in [2.45, 2.75) is 12.5 Å². The third-order valence-corrected chi connectivity index (χ3v) is 2.77. The highest BCUT2D eigenvalue weighted by Gasteiger charge is 2.13. The van der Waals surface area contributed by atoms with Gasteiger partial charge in [0.2, 0.25) is 0 Å². The molecule has 1 atom stereocenters. The van der Waals surface area contributed by atoms with Gasteiger partial charge in [-0.15, -0.1) is 0 Å². The molecule has 0 radical (unpaired) electrons. The van der Waals surface area contributed by atoms with Gasteiger partial charge in [-0.05, 0) is 37.2 Å². The largest absolute Gasteiger partial charge is 0.497 e. The summed E-state index contributed by atoms with van der Waals surface area (Å²) in [6, 6.07) is 8.68. The van der Waals surface area contributed by atoms with Gasteiger partial charge in [-0.2, -0.15) is 0 Å². The van der Waals surface area contributed by atoms with Gasteiger partial charge in [-0.25, -0.2) is 0 Å². The molecule has 0 aromatic heterocycles. The van der Waals surface area contributed by atoms with Gasteiger partial charge in [0, 0.05) is 12.6 Å². The van der Waals surface area contributed by atoms with E-state index in [9.17, 15) is 0 Å². The Morgan fingerprint density at radius 3 is 3.13 bits per heavy atom. The molecule has 1 fully saturated rings. The molecule has 15 heavy (non-hydrogen) atoms. The van der Waals surface area contributed by atoms with Crippen LogP contribution in [0, 0.1) is 0 Å². The number of hydrogen-bond acceptors (Lipinski definition) is 3. The molecule has 0 aliphatic carbocycles. The average molecular weight is 206 g/mol. The lowest BCUT2D eigenvalue weighted by Crippen LogP contribution is -2.27. The summed E-state index contributed by atoms with van der Waals surface area (Å²) in [6.45, 7) is 3.18. The molecule has 0 spiro atoms. The highest BCUT2D eigenvalue weighted by Crippen LogP contribution is 2.19. The first-order chi connectivity index (χ1) is 7.40. The van der Waals surface area contributed by atoms with Gasteiger partial charge in [-0.3, -0.25) is 0 Å². The lowest BCUT2D eigenvalue weighted by Gasteiger charge is -2.16. The maximum Gasteiger partial charge on any atom is 0.119 e. The molecule has 82 valence electrons. The van der Waals surface area contributed by atoms with Crippen LogP contribution in [0.4, 0.5) is 0 Å². The van der Waals surface area contributed by atoms with Crippen molar-refractivity contribution >= 4 is 0 Å². The van der Waals surface area contributed by atoms with Gasteiger partial charge in [0.1, 0.15) is 5.75 Å². The van der Waals surface area contributed by atoms with Crippen molar-refractivity contribution in [3.8, 4) is 5.75 Å². The molecule has 1 aromatic carbocycles. The fourth-order valence-electron chi connectivity index (χ4n) is 1.90. The SMILES string of the molecule is COc1cccc([C@@H]2CNCCCN2)c1. The molecule has 0 amide bonds. The van der Waals surface area contributed by atoms with E-state index in [2.05, 4.69) is 22.8 Å². The van der Waals surface area contributed by atoms with Crippen LogP contribution in [0.1, 0.15) is 18.0 Å². The maximum atomic E-state index is 5.23. The Kier molecular flexibility index (Phi) is 3.59. The van der Waals surface area contributed by atoms with E-state index in [0.29, 0.717) is 6.04 Å². The number of methoxy groups -OCH3 is 1. The van der Waals surface area contributed by atoms with Crippen molar-refractivity contribution in [2.24, 2.45) is 0 Å². The molecule has 1 heterocycles. The van der Waals surface area contributed by atoms with E-state index in [1.54, 1.807) is 7.11 Å². The van der Waals surface area contributed by atoms with Crippen molar-refractivity contribution in [3.05, 3.63) is 29.8 Å². The number of hydrogen-bond donors (Lipinski definition) is 2. The predicted octanol–water partition coefficient (Wildman–Crippen LogP) is 1.32. The smallest absolute Gasteiger partial charge is 0.119 e. The van der Waals surface area contributed by atoms with Crippen LogP contribution in [-0.2, 0) is 0 Å². The van der Waals surface area contributed by atoms with E-state index in [1.165, 1.54) is 12.0 Å². The second-order valence-electron chi connectivity index (χ2n) is 3.84. The van der Waals surface area contributed by atoms with E-state index in [4.69, 9.17) is 4.74 Å². The summed E-state index contributed by atoms with van der Waals surface area (Å²) >= 11 is 0. The summed E-state index contributed by atoms with van der Waals surface area (Å²) in [4.78, 5) is 0. The van der Waals surface area contributed by atoms with Crippen LogP contribution in [0.2, 0.25) is 0 Å². The Hall–Kier alpha value is -1.06. The number of benzene rings is 1. The molecule has 2 N–H and O–H groups in total. The van der Waals surface area contributed by atoms with E-state index in [1.807, 2.05) is 12.1 Å². The third-order valence-electron chi connectivity index (χ3n) is 2.77. The normalized spacial score (nSPS) is 22.1. The monoisotopic (exact) mass is 206 g/mol. The second kappa shape index (κ2) is 5.14. The molecule has 2 rings (SSSR count). The molecule has 1 aliphatic heterocycles. The Labute approximate surface area is 90.8 Å². The molecule has 1 aliphatic rings. The minimum Gasteiger partial charge on any atom is -0.497 e. The second-order valence-corrected chi connectivity index (χ2v) is 3.84. The Morgan fingerprint density at radius 2 is 2.27 bits per heavy atom. The Bertz CT molecular complexity index is 306. The zero-order valence-electron chi connectivity index (χ0n) is 9.12. The first-order valence-electron chi connectivity index (χ1n) is 5.48. The highest BCUT2D eigenvalue weighted by molar-refractivity contribution is 5.30. The summed E-state index contributed by atoms with van der Waals surface area (Å²) < 4.78 is 5.23. The Balaban J connectivity index is 2.12. The molecular formula is C12H18N2O. The van der Waals surface area contributed by atoms with Crippen molar-refractivity contribution in [3.63, 3.8) is 0 Å². The lowest BCUT2D eigenvalue weighted by molar-refractivity contribution is 0.413. The van der Waals surface area contributed by atoms with Crippen molar-refractivity contribution in [2.75, 3.05) is 26.7 Å². The van der Waals surface area contributed by atoms with Crippen LogP contribution in [0.3, 0.4) is 0 Å². The zero-order valence-corrected chi connectivity index (χ0v) is 9.12. The average Bonchev–Trinajstić information content (AvgIpc) is 2.58. The highest BCUT2D eigenvalue weighted by atomic mass is 16.5. The fraction of sp³-hybridized carbons (Fsp3) is 0.500. The Morgan fingerprint density at radius 1 is 1.33 bits per heavy atom. The molecule has 3 nitrogen and oxygen atoms in total. The summed E-state index contributed by atoms with van der Waals surface area (Å²) in [6.07, 6.45) is 1.19. The minimum absolute atomic E-state index is 0.405. The van der Waals surface area contributed by atoms with Crippen LogP contribution >= 0.6 is 0 Å². The van der Waals surface area contributed by atoms with E-state index < -0.39 is 0 Å². The molecular weight excluding hydrogens is 188 g/mol. The van der Waals surface area contributed by atoms with Gasteiger partial charge >= 0.3 is 0 Å². The quantitative estimate of drug-likeness (QED) is 0.765. The molecule has 1 saturated heterocycles. The number of ether oxygens (including phenoxy) is 1. The summed E-state index contributed by atoms with van der Waals surface area (Å²) in [5, 5.41) is 6.96. The topological polar surface area (TPSA) is 33.3 Å². The zero-order chi connectivity index (χ0) is 10.5. The first-order valence-corrected chi connectivity index (χ1v) is 5.48. The molecule has 3 heteroatoms. The van der Waals surface area contributed by atoms with E-state index in [-0.39, 0.29) is 0 Å². The summed E-state index contributed by atoms with van der Waals surface area (Å²) in [7, 11) is 1.71. The minimum atomic E-state index is 0.405. The van der Waals surface area contributed by atoms with Gasteiger partial charge in [0.15, 0.2) is 0 Å². The van der Waals surface area contributed by atoms with Crippen LogP contribution in [0.25, 0.3) is 0 Å². The van der Waals surface area contributed by atoms with Gasteiger partial charge < -0.3 is 15.4 Å². The fourth-order valence-corrected chi connectivity index (χ4v) is 1.90. The van der Waals surface area contributed by atoms with Gasteiger partial charge in [0.05, 0.1) is 7.11 Å². The van der Waals surface area contributed by atoms with E-state index >= 15 is 0 Å². The lowest BCUT2D eigenvalue weighted by atomic mass is 10.1. The maximum absolute atomic E-state index is 5.23.